The molecule has 1 aliphatic heterocycles. The Hall–Kier alpha value is -1.55. The number of hydrogen-bond acceptors (Lipinski definition) is 3. The minimum absolute atomic E-state index is 0.0165. The van der Waals surface area contributed by atoms with Gasteiger partial charge in [-0.25, -0.2) is 0 Å². The van der Waals surface area contributed by atoms with E-state index in [0.717, 1.165) is 45.1 Å². The lowest BCUT2D eigenvalue weighted by atomic mass is 9.46. The van der Waals surface area contributed by atoms with Gasteiger partial charge in [-0.2, -0.15) is 0 Å². The van der Waals surface area contributed by atoms with Crippen LogP contribution in [0.1, 0.15) is 89.4 Å². The number of quaternary nitrogens is 1. The van der Waals surface area contributed by atoms with Gasteiger partial charge in [0.05, 0.1) is 31.9 Å². The highest BCUT2D eigenvalue weighted by Crippen LogP contribution is 2.62. The summed E-state index contributed by atoms with van der Waals surface area (Å²) in [4.78, 5) is 14.5. The van der Waals surface area contributed by atoms with Crippen molar-refractivity contribution in [3.8, 4) is 0 Å². The molecule has 1 aromatic heterocycles. The third-order valence-electron chi connectivity index (χ3n) is 9.43. The summed E-state index contributed by atoms with van der Waals surface area (Å²) in [5.74, 6) is 2.00. The van der Waals surface area contributed by atoms with Crippen LogP contribution < -0.4 is 4.90 Å². The van der Waals surface area contributed by atoms with E-state index in [2.05, 4.69) is 26.5 Å². The number of ether oxygens (including phenoxy) is 1. The van der Waals surface area contributed by atoms with Crippen LogP contribution >= 0.6 is 0 Å². The van der Waals surface area contributed by atoms with E-state index in [1.807, 2.05) is 6.26 Å². The van der Waals surface area contributed by atoms with Crippen LogP contribution in [0, 0.1) is 22.7 Å². The summed E-state index contributed by atoms with van der Waals surface area (Å²) >= 11 is 0. The number of carbonyl (C=O) groups excluding carboxylic acids is 1. The molecule has 2 heterocycles. The SMILES string of the molecule is C=C1CC[C@@H]2[C@@](C)(CCC[C@@]2(C)C(=O)OC)[C@H]1CCc1ccoc1C[NH+]1CCCCCC1. The van der Waals surface area contributed by atoms with E-state index in [1.165, 1.54) is 62.1 Å². The average molecular weight is 443 g/mol. The molecule has 4 nitrogen and oxygen atoms in total. The third-order valence-corrected chi connectivity index (χ3v) is 9.43. The van der Waals surface area contributed by atoms with Crippen LogP contribution in [-0.2, 0) is 22.5 Å². The zero-order valence-corrected chi connectivity index (χ0v) is 20.6. The van der Waals surface area contributed by atoms with Crippen molar-refractivity contribution in [3.63, 3.8) is 0 Å². The third kappa shape index (κ3) is 4.44. The van der Waals surface area contributed by atoms with Crippen LogP contribution in [0.15, 0.2) is 28.9 Å². The Morgan fingerprint density at radius 3 is 2.66 bits per heavy atom. The quantitative estimate of drug-likeness (QED) is 0.491. The van der Waals surface area contributed by atoms with Gasteiger partial charge in [0.15, 0.2) is 5.76 Å². The maximum Gasteiger partial charge on any atom is 0.311 e. The fourth-order valence-electron chi connectivity index (χ4n) is 7.64. The second-order valence-corrected chi connectivity index (χ2v) is 11.3. The van der Waals surface area contributed by atoms with Gasteiger partial charge in [0, 0.05) is 0 Å². The number of esters is 1. The Balaban J connectivity index is 1.48. The number of rotatable bonds is 6. The molecule has 1 N–H and O–H groups in total. The van der Waals surface area contributed by atoms with Crippen molar-refractivity contribution in [3.05, 3.63) is 35.8 Å². The zero-order chi connectivity index (χ0) is 22.8. The van der Waals surface area contributed by atoms with Crippen LogP contribution in [0.5, 0.6) is 0 Å². The monoisotopic (exact) mass is 442 g/mol. The minimum Gasteiger partial charge on any atom is -0.469 e. The second kappa shape index (κ2) is 9.75. The predicted molar refractivity (Wildman–Crippen MR) is 127 cm³/mol. The summed E-state index contributed by atoms with van der Waals surface area (Å²) in [5, 5.41) is 0. The first-order chi connectivity index (χ1) is 15.4. The van der Waals surface area contributed by atoms with Gasteiger partial charge in [-0.1, -0.05) is 25.5 Å². The number of nitrogens with one attached hydrogen (secondary N) is 1. The Morgan fingerprint density at radius 1 is 1.19 bits per heavy atom. The number of hydrogen-bond donors (Lipinski definition) is 1. The first-order valence-corrected chi connectivity index (χ1v) is 13.0. The minimum atomic E-state index is -0.363. The number of aryl methyl sites for hydroxylation is 1. The molecule has 3 aliphatic rings. The molecular weight excluding hydrogens is 398 g/mol. The van der Waals surface area contributed by atoms with Gasteiger partial charge in [-0.05, 0) is 100 Å². The lowest BCUT2D eigenvalue weighted by molar-refractivity contribution is -0.914. The Kier molecular flexibility index (Phi) is 7.19. The molecule has 3 fully saturated rings. The molecule has 4 atom stereocenters. The van der Waals surface area contributed by atoms with Crippen LogP contribution in [0.4, 0.5) is 0 Å². The Morgan fingerprint density at radius 2 is 1.94 bits per heavy atom. The molecule has 0 radical (unpaired) electrons. The number of furan rings is 1. The van der Waals surface area contributed by atoms with Crippen molar-refractivity contribution in [2.75, 3.05) is 20.2 Å². The maximum atomic E-state index is 12.8. The molecule has 2 saturated carbocycles. The van der Waals surface area contributed by atoms with Gasteiger partial charge >= 0.3 is 5.97 Å². The molecule has 4 rings (SSSR count). The molecular formula is C28H44NO3+. The van der Waals surface area contributed by atoms with E-state index < -0.39 is 0 Å². The van der Waals surface area contributed by atoms with E-state index in [0.29, 0.717) is 11.8 Å². The fraction of sp³-hybridized carbons (Fsp3) is 0.750. The maximum absolute atomic E-state index is 12.8. The second-order valence-electron chi connectivity index (χ2n) is 11.3. The van der Waals surface area contributed by atoms with E-state index in [1.54, 1.807) is 12.0 Å². The summed E-state index contributed by atoms with van der Waals surface area (Å²) in [5.41, 5.74) is 2.53. The Labute approximate surface area is 194 Å². The largest absolute Gasteiger partial charge is 0.469 e. The van der Waals surface area contributed by atoms with E-state index >= 15 is 0 Å². The molecule has 0 amide bonds. The van der Waals surface area contributed by atoms with Crippen LogP contribution in [0.3, 0.4) is 0 Å². The molecule has 0 bridgehead atoms. The lowest BCUT2D eigenvalue weighted by Crippen LogP contribution is -3.10. The van der Waals surface area contributed by atoms with Crippen molar-refractivity contribution in [1.29, 1.82) is 0 Å². The first kappa shape index (κ1) is 23.6. The van der Waals surface area contributed by atoms with E-state index in [-0.39, 0.29) is 16.8 Å². The smallest absolute Gasteiger partial charge is 0.311 e. The van der Waals surface area contributed by atoms with Crippen LogP contribution in [0.25, 0.3) is 0 Å². The van der Waals surface area contributed by atoms with Crippen molar-refractivity contribution in [2.45, 2.75) is 91.0 Å². The molecule has 32 heavy (non-hydrogen) atoms. The van der Waals surface area contributed by atoms with Crippen LogP contribution in [0.2, 0.25) is 0 Å². The summed E-state index contributed by atoms with van der Waals surface area (Å²) < 4.78 is 11.3. The highest BCUT2D eigenvalue weighted by Gasteiger charge is 2.57. The average Bonchev–Trinajstić information content (AvgIpc) is 3.04. The van der Waals surface area contributed by atoms with Crippen LogP contribution in [-0.4, -0.2) is 26.2 Å². The number of methoxy groups -OCH3 is 1. The normalized spacial score (nSPS) is 34.0. The van der Waals surface area contributed by atoms with Gasteiger partial charge < -0.3 is 14.1 Å². The van der Waals surface area contributed by atoms with Gasteiger partial charge in [0.2, 0.25) is 0 Å². The Bertz CT molecular complexity index is 805. The topological polar surface area (TPSA) is 43.9 Å². The standard InChI is InChI=1S/C28H43NO3/c1-21-10-13-25-27(2,15-9-16-28(25,3)26(30)31-4)23(21)12-11-22-14-19-32-24(22)20-29-17-7-5-6-8-18-29/h14,19,23,25H,1,5-13,15-18,20H2,2-4H3/p+1/t23-,25+,27-,28+/m0/s1. The number of carbonyl (C=O) groups is 1. The highest BCUT2D eigenvalue weighted by molar-refractivity contribution is 5.77. The molecule has 4 heteroatoms. The summed E-state index contributed by atoms with van der Waals surface area (Å²) in [7, 11) is 1.55. The fourth-order valence-corrected chi connectivity index (χ4v) is 7.64. The highest BCUT2D eigenvalue weighted by atomic mass is 16.5. The van der Waals surface area contributed by atoms with E-state index in [9.17, 15) is 4.79 Å². The van der Waals surface area contributed by atoms with E-state index in [4.69, 9.17) is 9.15 Å². The van der Waals surface area contributed by atoms with Crippen molar-refractivity contribution < 1.29 is 18.8 Å². The summed E-state index contributed by atoms with van der Waals surface area (Å²) in [6.45, 7) is 12.7. The molecule has 0 unspecified atom stereocenters. The molecule has 0 spiro atoms. The number of likely N-dealkylation sites (tertiary alicyclic amines) is 1. The van der Waals surface area contributed by atoms with Crippen molar-refractivity contribution in [2.24, 2.45) is 22.7 Å². The predicted octanol–water partition coefficient (Wildman–Crippen LogP) is 5.12. The molecule has 0 aromatic carbocycles. The zero-order valence-electron chi connectivity index (χ0n) is 20.6. The number of fused-ring (bicyclic) bond motifs is 1. The molecule has 178 valence electrons. The molecule has 2 aliphatic carbocycles. The molecule has 1 aromatic rings. The van der Waals surface area contributed by atoms with Gasteiger partial charge in [0.25, 0.3) is 0 Å². The van der Waals surface area contributed by atoms with Gasteiger partial charge in [-0.3, -0.25) is 4.79 Å². The van der Waals surface area contributed by atoms with Crippen molar-refractivity contribution in [1.82, 2.24) is 0 Å². The summed E-state index contributed by atoms with van der Waals surface area (Å²) in [6, 6.07) is 2.19. The van der Waals surface area contributed by atoms with Gasteiger partial charge in [-0.15, -0.1) is 0 Å². The first-order valence-electron chi connectivity index (χ1n) is 13.0. The molecule has 1 saturated heterocycles. The summed E-state index contributed by atoms with van der Waals surface area (Å²) in [6.07, 6.45) is 14.8. The van der Waals surface area contributed by atoms with Crippen molar-refractivity contribution >= 4 is 5.97 Å². The lowest BCUT2D eigenvalue weighted by Gasteiger charge is -2.57. The number of allylic oxidation sites excluding steroid dienone is 1. The van der Waals surface area contributed by atoms with Gasteiger partial charge in [0.1, 0.15) is 6.54 Å².